The first-order valence-corrected chi connectivity index (χ1v) is 11.3. The van der Waals surface area contributed by atoms with Crippen LogP contribution in [-0.4, -0.2) is 53.8 Å². The minimum absolute atomic E-state index is 0.0871. The smallest absolute Gasteiger partial charge is 0.269 e. The van der Waals surface area contributed by atoms with Gasteiger partial charge in [-0.3, -0.25) is 9.78 Å². The van der Waals surface area contributed by atoms with E-state index in [1.165, 1.54) is 11.8 Å². The summed E-state index contributed by atoms with van der Waals surface area (Å²) in [6, 6.07) is 7.70. The lowest BCUT2D eigenvalue weighted by molar-refractivity contribution is -0.193. The predicted molar refractivity (Wildman–Crippen MR) is 122 cm³/mol. The van der Waals surface area contributed by atoms with Gasteiger partial charge in [-0.2, -0.15) is 0 Å². The summed E-state index contributed by atoms with van der Waals surface area (Å²) in [5.41, 5.74) is 3.53. The van der Waals surface area contributed by atoms with E-state index in [1.54, 1.807) is 11.7 Å². The Kier molecular flexibility index (Phi) is 6.52. The number of nitrogens with one attached hydrogen (secondary N) is 1. The summed E-state index contributed by atoms with van der Waals surface area (Å²) < 4.78 is 24.4. The molecule has 0 radical (unpaired) electrons. The fraction of sp³-hybridized carbons (Fsp3) is 0.458. The molecule has 0 saturated carbocycles. The normalized spacial score (nSPS) is 20.3. The van der Waals surface area contributed by atoms with Crippen LogP contribution < -0.4 is 20.3 Å². The van der Waals surface area contributed by atoms with E-state index in [1.807, 2.05) is 24.4 Å². The standard InChI is InChI=1S/C24H28N4O5/c1-30-19-4-5-20-21(10-19)28(23(29)13-27-20)7-6-24-32-14-18(15-33-24)25-11-17-9-16-3-2-8-31-22(16)12-26-17/h4-5,9-10,12-13,18,24-25H,2-3,6-8,11,14-15H2,1H3/t18-,24-. The third kappa shape index (κ3) is 5.00. The van der Waals surface area contributed by atoms with E-state index in [-0.39, 0.29) is 17.9 Å². The van der Waals surface area contributed by atoms with Crippen LogP contribution in [0.25, 0.3) is 11.0 Å². The van der Waals surface area contributed by atoms with Gasteiger partial charge in [0, 0.05) is 25.6 Å². The monoisotopic (exact) mass is 452 g/mol. The van der Waals surface area contributed by atoms with Crippen LogP contribution in [0.4, 0.5) is 0 Å². The van der Waals surface area contributed by atoms with E-state index in [0.717, 1.165) is 41.9 Å². The van der Waals surface area contributed by atoms with E-state index in [2.05, 4.69) is 21.4 Å². The van der Waals surface area contributed by atoms with Gasteiger partial charge in [-0.15, -0.1) is 0 Å². The molecule has 0 bridgehead atoms. The molecule has 0 aliphatic carbocycles. The number of fused-ring (bicyclic) bond motifs is 2. The fourth-order valence-electron chi connectivity index (χ4n) is 4.21. The highest BCUT2D eigenvalue weighted by atomic mass is 16.7. The van der Waals surface area contributed by atoms with Gasteiger partial charge in [0.2, 0.25) is 0 Å². The molecule has 33 heavy (non-hydrogen) atoms. The number of methoxy groups -OCH3 is 1. The molecule has 1 N–H and O–H groups in total. The number of ether oxygens (including phenoxy) is 4. The molecule has 2 aliphatic rings. The van der Waals surface area contributed by atoms with E-state index in [4.69, 9.17) is 18.9 Å². The molecule has 0 unspecified atom stereocenters. The average Bonchev–Trinajstić information content (AvgIpc) is 2.87. The van der Waals surface area contributed by atoms with E-state index in [0.29, 0.717) is 38.5 Å². The molecular formula is C24H28N4O5. The lowest BCUT2D eigenvalue weighted by atomic mass is 10.1. The quantitative estimate of drug-likeness (QED) is 0.582. The lowest BCUT2D eigenvalue weighted by Gasteiger charge is -2.30. The van der Waals surface area contributed by atoms with Crippen molar-refractivity contribution in [2.24, 2.45) is 0 Å². The Bertz CT molecular complexity index is 1170. The van der Waals surface area contributed by atoms with Gasteiger partial charge in [0.1, 0.15) is 11.5 Å². The molecule has 1 aromatic carbocycles. The van der Waals surface area contributed by atoms with Crippen molar-refractivity contribution in [2.45, 2.75) is 44.7 Å². The summed E-state index contributed by atoms with van der Waals surface area (Å²) in [6.45, 7) is 2.96. The summed E-state index contributed by atoms with van der Waals surface area (Å²) in [4.78, 5) is 21.1. The molecule has 5 rings (SSSR count). The number of rotatable bonds is 7. The summed E-state index contributed by atoms with van der Waals surface area (Å²) in [5.74, 6) is 1.58. The number of aromatic nitrogens is 3. The Hall–Kier alpha value is -3.01. The molecule has 174 valence electrons. The van der Waals surface area contributed by atoms with E-state index >= 15 is 0 Å². The maximum absolute atomic E-state index is 12.4. The van der Waals surface area contributed by atoms with Crippen molar-refractivity contribution in [3.8, 4) is 11.5 Å². The van der Waals surface area contributed by atoms with E-state index in [9.17, 15) is 4.79 Å². The number of nitrogens with zero attached hydrogens (tertiary/aromatic N) is 3. The van der Waals surface area contributed by atoms with Gasteiger partial charge < -0.3 is 28.8 Å². The number of benzene rings is 1. The van der Waals surface area contributed by atoms with Crippen LogP contribution in [0.2, 0.25) is 0 Å². The minimum Gasteiger partial charge on any atom is -0.497 e. The molecule has 1 saturated heterocycles. The molecule has 2 aromatic heterocycles. The van der Waals surface area contributed by atoms with Crippen molar-refractivity contribution in [1.82, 2.24) is 19.9 Å². The zero-order valence-corrected chi connectivity index (χ0v) is 18.7. The Morgan fingerprint density at radius 3 is 2.91 bits per heavy atom. The van der Waals surface area contributed by atoms with Gasteiger partial charge in [-0.1, -0.05) is 0 Å². The molecule has 0 atom stereocenters. The summed E-state index contributed by atoms with van der Waals surface area (Å²) in [7, 11) is 1.60. The number of pyridine rings is 1. The number of hydrogen-bond acceptors (Lipinski definition) is 8. The molecule has 9 nitrogen and oxygen atoms in total. The van der Waals surface area contributed by atoms with Crippen LogP contribution >= 0.6 is 0 Å². The van der Waals surface area contributed by atoms with Gasteiger partial charge in [0.25, 0.3) is 5.56 Å². The molecule has 3 aromatic rings. The SMILES string of the molecule is COc1ccc2ncc(=O)n(CC[C@H]3OC[C@H](NCc4cc5c(cn4)OCCC5)CO3)c2c1. The Morgan fingerprint density at radius 2 is 2.06 bits per heavy atom. The van der Waals surface area contributed by atoms with Crippen molar-refractivity contribution in [1.29, 1.82) is 0 Å². The maximum Gasteiger partial charge on any atom is 0.269 e. The highest BCUT2D eigenvalue weighted by molar-refractivity contribution is 5.76. The van der Waals surface area contributed by atoms with Crippen molar-refractivity contribution in [3.63, 3.8) is 0 Å². The fourth-order valence-corrected chi connectivity index (χ4v) is 4.21. The van der Waals surface area contributed by atoms with Crippen LogP contribution in [-0.2, 0) is 29.0 Å². The first-order valence-electron chi connectivity index (χ1n) is 11.3. The first-order chi connectivity index (χ1) is 16.2. The molecular weight excluding hydrogens is 424 g/mol. The van der Waals surface area contributed by atoms with Gasteiger partial charge in [-0.25, -0.2) is 4.98 Å². The Morgan fingerprint density at radius 1 is 1.18 bits per heavy atom. The summed E-state index contributed by atoms with van der Waals surface area (Å²) >= 11 is 0. The topological polar surface area (TPSA) is 96.7 Å². The molecule has 0 spiro atoms. The molecule has 9 heteroatoms. The van der Waals surface area contributed by atoms with Crippen molar-refractivity contribution in [3.05, 3.63) is 58.3 Å². The van der Waals surface area contributed by atoms with Gasteiger partial charge in [0.05, 0.1) is 62.1 Å². The van der Waals surface area contributed by atoms with Gasteiger partial charge >= 0.3 is 0 Å². The van der Waals surface area contributed by atoms with Crippen LogP contribution in [0.5, 0.6) is 11.5 Å². The molecule has 4 heterocycles. The third-order valence-electron chi connectivity index (χ3n) is 6.03. The second kappa shape index (κ2) is 9.86. The molecule has 0 amide bonds. The maximum atomic E-state index is 12.4. The lowest BCUT2D eigenvalue weighted by Crippen LogP contribution is -2.44. The Labute approximate surface area is 191 Å². The second-order valence-corrected chi connectivity index (χ2v) is 8.30. The van der Waals surface area contributed by atoms with Crippen LogP contribution in [0.3, 0.4) is 0 Å². The average molecular weight is 453 g/mol. The second-order valence-electron chi connectivity index (χ2n) is 8.30. The highest BCUT2D eigenvalue weighted by Crippen LogP contribution is 2.24. The largest absolute Gasteiger partial charge is 0.497 e. The van der Waals surface area contributed by atoms with Crippen LogP contribution in [0.15, 0.2) is 41.5 Å². The van der Waals surface area contributed by atoms with Gasteiger partial charge in [0.15, 0.2) is 6.29 Å². The van der Waals surface area contributed by atoms with Gasteiger partial charge in [-0.05, 0) is 36.6 Å². The minimum atomic E-state index is -0.359. The third-order valence-corrected chi connectivity index (χ3v) is 6.03. The van der Waals surface area contributed by atoms with Crippen LogP contribution in [0.1, 0.15) is 24.1 Å². The van der Waals surface area contributed by atoms with Crippen molar-refractivity contribution < 1.29 is 18.9 Å². The van der Waals surface area contributed by atoms with Crippen molar-refractivity contribution in [2.75, 3.05) is 26.9 Å². The van der Waals surface area contributed by atoms with Crippen LogP contribution in [0, 0.1) is 0 Å². The number of aryl methyl sites for hydroxylation is 2. The van der Waals surface area contributed by atoms with Crippen molar-refractivity contribution >= 4 is 11.0 Å². The Balaban J connectivity index is 1.13. The highest BCUT2D eigenvalue weighted by Gasteiger charge is 2.22. The molecule has 2 aliphatic heterocycles. The zero-order valence-electron chi connectivity index (χ0n) is 18.7. The zero-order chi connectivity index (χ0) is 22.6. The summed E-state index contributed by atoms with van der Waals surface area (Å²) in [5, 5.41) is 3.45. The first kappa shape index (κ1) is 21.8. The van der Waals surface area contributed by atoms with E-state index < -0.39 is 0 Å². The molecule has 1 fully saturated rings. The summed E-state index contributed by atoms with van der Waals surface area (Å²) in [6.07, 6.45) is 5.45. The predicted octanol–water partition coefficient (Wildman–Crippen LogP) is 2.05. The number of hydrogen-bond donors (Lipinski definition) is 1.